The zero-order chi connectivity index (χ0) is 18.4. The van der Waals surface area contributed by atoms with Gasteiger partial charge in [-0.25, -0.2) is 9.99 Å². The Labute approximate surface area is 151 Å². The first-order valence-electron chi connectivity index (χ1n) is 7.71. The molecule has 2 aromatic rings. The van der Waals surface area contributed by atoms with Crippen molar-refractivity contribution in [3.63, 3.8) is 0 Å². The summed E-state index contributed by atoms with van der Waals surface area (Å²) in [4.78, 5) is 15.3. The number of carbonyl (C=O) groups excluding carboxylic acids is 1. The molecule has 128 valence electrons. The van der Waals surface area contributed by atoms with Gasteiger partial charge >= 0.3 is 0 Å². The highest BCUT2D eigenvalue weighted by Crippen LogP contribution is 2.24. The van der Waals surface area contributed by atoms with E-state index in [2.05, 4.69) is 21.5 Å². The summed E-state index contributed by atoms with van der Waals surface area (Å²) in [6.07, 6.45) is 1.67. The van der Waals surface area contributed by atoms with Crippen molar-refractivity contribution in [3.05, 3.63) is 52.2 Å². The zero-order valence-corrected chi connectivity index (χ0v) is 15.0. The molecule has 0 spiro atoms. The molecule has 0 fully saturated rings. The van der Waals surface area contributed by atoms with E-state index in [1.165, 1.54) is 6.92 Å². The Bertz CT molecular complexity index is 840. The third-order valence-electron chi connectivity index (χ3n) is 3.40. The summed E-state index contributed by atoms with van der Waals surface area (Å²) >= 11 is 6.02. The number of hydrogen-bond donors (Lipinski definition) is 1. The second kappa shape index (κ2) is 8.27. The summed E-state index contributed by atoms with van der Waals surface area (Å²) in [5.74, 6) is 0.311. The summed E-state index contributed by atoms with van der Waals surface area (Å²) in [6.45, 7) is 5.72. The van der Waals surface area contributed by atoms with Crippen molar-refractivity contribution in [2.45, 2.75) is 20.8 Å². The van der Waals surface area contributed by atoms with Crippen LogP contribution in [0, 0.1) is 18.3 Å². The lowest BCUT2D eigenvalue weighted by atomic mass is 10.1. The van der Waals surface area contributed by atoms with E-state index in [1.54, 1.807) is 29.4 Å². The zero-order valence-electron chi connectivity index (χ0n) is 14.2. The third-order valence-corrected chi connectivity index (χ3v) is 3.59. The van der Waals surface area contributed by atoms with Crippen molar-refractivity contribution in [2.24, 2.45) is 5.10 Å². The van der Waals surface area contributed by atoms with Crippen molar-refractivity contribution in [2.75, 3.05) is 16.9 Å². The van der Waals surface area contributed by atoms with Gasteiger partial charge in [-0.3, -0.25) is 4.79 Å². The topological polar surface area (TPSA) is 81.4 Å². The van der Waals surface area contributed by atoms with Crippen LogP contribution in [0.15, 0.2) is 35.4 Å². The number of anilines is 2. The van der Waals surface area contributed by atoms with Crippen LogP contribution in [0.1, 0.15) is 30.5 Å². The summed E-state index contributed by atoms with van der Waals surface area (Å²) in [5, 5.41) is 18.4. The van der Waals surface area contributed by atoms with E-state index >= 15 is 0 Å². The predicted molar refractivity (Wildman–Crippen MR) is 100 cm³/mol. The maximum atomic E-state index is 11.0. The van der Waals surface area contributed by atoms with E-state index < -0.39 is 0 Å². The first-order valence-corrected chi connectivity index (χ1v) is 8.08. The largest absolute Gasteiger partial charge is 0.326 e. The molecule has 1 aromatic heterocycles. The molecule has 1 aromatic carbocycles. The lowest BCUT2D eigenvalue weighted by Crippen LogP contribution is -2.19. The molecule has 1 amide bonds. The maximum Gasteiger partial charge on any atom is 0.221 e. The first-order chi connectivity index (χ1) is 11.9. The Kier molecular flexibility index (Phi) is 6.09. The second-order valence-electron chi connectivity index (χ2n) is 5.34. The monoisotopic (exact) mass is 355 g/mol. The number of aromatic nitrogens is 1. The number of hydrazone groups is 1. The van der Waals surface area contributed by atoms with Crippen molar-refractivity contribution in [3.8, 4) is 6.07 Å². The molecule has 0 aliphatic carbocycles. The van der Waals surface area contributed by atoms with Crippen molar-refractivity contribution in [1.29, 1.82) is 5.26 Å². The van der Waals surface area contributed by atoms with Crippen LogP contribution in [-0.2, 0) is 4.79 Å². The van der Waals surface area contributed by atoms with Gasteiger partial charge in [-0.15, -0.1) is 0 Å². The number of rotatable bonds is 5. The van der Waals surface area contributed by atoms with Crippen molar-refractivity contribution >= 4 is 35.2 Å². The predicted octanol–water partition coefficient (Wildman–Crippen LogP) is 3.73. The summed E-state index contributed by atoms with van der Waals surface area (Å²) in [6, 6.07) is 11.1. The molecule has 0 atom stereocenters. The average Bonchev–Trinajstić information content (AvgIpc) is 2.56. The molecule has 1 heterocycles. The average molecular weight is 356 g/mol. The standard InChI is InChI=1S/C18H18ClN5O/c1-4-24(18-16(10-20)12(2)9-17(19)23-18)21-11-14-5-7-15(8-6-14)22-13(3)25/h5-9,11H,4H2,1-3H3,(H,22,25)/b21-11-. The molecule has 7 heteroatoms. The van der Waals surface area contributed by atoms with Crippen LogP contribution in [0.2, 0.25) is 5.15 Å². The number of benzene rings is 1. The molecule has 0 radical (unpaired) electrons. The minimum atomic E-state index is -0.120. The second-order valence-corrected chi connectivity index (χ2v) is 5.72. The summed E-state index contributed by atoms with van der Waals surface area (Å²) in [5.41, 5.74) is 2.77. The van der Waals surface area contributed by atoms with Crippen molar-refractivity contribution in [1.82, 2.24) is 4.98 Å². The van der Waals surface area contributed by atoms with Gasteiger partial charge in [0.05, 0.1) is 11.8 Å². The number of hydrogen-bond acceptors (Lipinski definition) is 5. The lowest BCUT2D eigenvalue weighted by molar-refractivity contribution is -0.114. The number of aryl methyl sites for hydroxylation is 1. The van der Waals surface area contributed by atoms with Gasteiger partial charge in [0, 0.05) is 19.2 Å². The highest BCUT2D eigenvalue weighted by molar-refractivity contribution is 6.29. The molecular formula is C18H18ClN5O. The Morgan fingerprint density at radius 2 is 2.12 bits per heavy atom. The fourth-order valence-electron chi connectivity index (χ4n) is 2.22. The molecule has 0 aliphatic heterocycles. The van der Waals surface area contributed by atoms with Gasteiger partial charge in [-0.1, -0.05) is 23.7 Å². The minimum Gasteiger partial charge on any atom is -0.326 e. The Morgan fingerprint density at radius 3 is 2.68 bits per heavy atom. The van der Waals surface area contributed by atoms with E-state index in [9.17, 15) is 10.1 Å². The number of nitrogens with zero attached hydrogens (tertiary/aromatic N) is 4. The van der Waals surface area contributed by atoms with Gasteiger partial charge in [-0.2, -0.15) is 10.4 Å². The molecular weight excluding hydrogens is 338 g/mol. The molecule has 2 rings (SSSR count). The van der Waals surface area contributed by atoms with Crippen LogP contribution in [0.3, 0.4) is 0 Å². The number of pyridine rings is 1. The van der Waals surface area contributed by atoms with E-state index in [1.807, 2.05) is 26.0 Å². The Balaban J connectivity index is 2.27. The number of nitriles is 1. The highest BCUT2D eigenvalue weighted by Gasteiger charge is 2.14. The third kappa shape index (κ3) is 4.78. The van der Waals surface area contributed by atoms with Gasteiger partial charge in [0.1, 0.15) is 11.2 Å². The Morgan fingerprint density at radius 1 is 1.44 bits per heavy atom. The molecule has 0 aliphatic rings. The summed E-state index contributed by atoms with van der Waals surface area (Å²) in [7, 11) is 0. The SMILES string of the molecule is CCN(/N=C\c1ccc(NC(C)=O)cc1)c1nc(Cl)cc(C)c1C#N. The van der Waals surface area contributed by atoms with Crippen LogP contribution in [0.4, 0.5) is 11.5 Å². The van der Waals surface area contributed by atoms with Gasteiger partial charge in [0.15, 0.2) is 5.82 Å². The molecule has 1 N–H and O–H groups in total. The normalized spacial score (nSPS) is 10.5. The summed E-state index contributed by atoms with van der Waals surface area (Å²) < 4.78 is 0. The molecule has 0 saturated carbocycles. The fraction of sp³-hybridized carbons (Fsp3) is 0.222. The molecule has 25 heavy (non-hydrogen) atoms. The van der Waals surface area contributed by atoms with E-state index in [0.717, 1.165) is 16.8 Å². The quantitative estimate of drug-likeness (QED) is 0.503. The number of nitrogens with one attached hydrogen (secondary N) is 1. The number of amides is 1. The lowest BCUT2D eigenvalue weighted by Gasteiger charge is -2.18. The number of halogens is 1. The van der Waals surface area contributed by atoms with E-state index in [0.29, 0.717) is 23.1 Å². The maximum absolute atomic E-state index is 11.0. The van der Waals surface area contributed by atoms with Crippen LogP contribution in [0.25, 0.3) is 0 Å². The Hall–Kier alpha value is -2.91. The van der Waals surface area contributed by atoms with Crippen LogP contribution in [0.5, 0.6) is 0 Å². The van der Waals surface area contributed by atoms with Crippen molar-refractivity contribution < 1.29 is 4.79 Å². The fourth-order valence-corrected chi connectivity index (χ4v) is 2.46. The van der Waals surface area contributed by atoms with Crippen LogP contribution < -0.4 is 10.3 Å². The van der Waals surface area contributed by atoms with Gasteiger partial charge in [0.2, 0.25) is 5.91 Å². The molecule has 6 nitrogen and oxygen atoms in total. The van der Waals surface area contributed by atoms with Crippen LogP contribution >= 0.6 is 11.6 Å². The highest BCUT2D eigenvalue weighted by atomic mass is 35.5. The molecule has 0 saturated heterocycles. The van der Waals surface area contributed by atoms with E-state index in [-0.39, 0.29) is 5.91 Å². The number of carbonyl (C=O) groups is 1. The van der Waals surface area contributed by atoms with Gasteiger partial charge in [-0.05, 0) is 43.2 Å². The van der Waals surface area contributed by atoms with E-state index in [4.69, 9.17) is 11.6 Å². The minimum absolute atomic E-state index is 0.120. The first kappa shape index (κ1) is 18.4. The van der Waals surface area contributed by atoms with Gasteiger partial charge in [0.25, 0.3) is 0 Å². The smallest absolute Gasteiger partial charge is 0.221 e. The molecule has 0 bridgehead atoms. The van der Waals surface area contributed by atoms with Crippen LogP contribution in [-0.4, -0.2) is 23.7 Å². The molecule has 0 unspecified atom stereocenters. The van der Waals surface area contributed by atoms with Gasteiger partial charge < -0.3 is 5.32 Å².